The third-order valence-electron chi connectivity index (χ3n) is 3.03. The fourth-order valence-electron chi connectivity index (χ4n) is 1.96. The minimum absolute atomic E-state index is 0.0908. The van der Waals surface area contributed by atoms with Gasteiger partial charge < -0.3 is 20.1 Å². The lowest BCUT2D eigenvalue weighted by atomic mass is 10.0. The number of carboxylic acid groups (broad SMARTS) is 1. The molecule has 0 aromatic carbocycles. The minimum Gasteiger partial charge on any atom is -0.480 e. The number of ether oxygens (including phenoxy) is 1. The molecule has 0 bridgehead atoms. The van der Waals surface area contributed by atoms with Crippen LogP contribution in [-0.4, -0.2) is 54.2 Å². The highest BCUT2D eigenvalue weighted by atomic mass is 16.5. The van der Waals surface area contributed by atoms with Crippen LogP contribution < -0.4 is 5.32 Å². The fraction of sp³-hybridized carbons (Fsp3) is 0.643. The molecule has 1 heterocycles. The first kappa shape index (κ1) is 17.0. The van der Waals surface area contributed by atoms with Crippen molar-refractivity contribution in [3.8, 4) is 6.07 Å². The van der Waals surface area contributed by atoms with E-state index in [1.165, 1.54) is 6.20 Å². The molecule has 116 valence electrons. The van der Waals surface area contributed by atoms with E-state index in [9.17, 15) is 9.59 Å². The molecule has 1 rings (SSSR count). The van der Waals surface area contributed by atoms with Crippen molar-refractivity contribution < 1.29 is 19.4 Å². The van der Waals surface area contributed by atoms with E-state index in [2.05, 4.69) is 5.32 Å². The molecule has 0 aromatic rings. The predicted octanol–water partition coefficient (Wildman–Crippen LogP) is 0.342. The Balaban J connectivity index is 2.71. The van der Waals surface area contributed by atoms with Gasteiger partial charge in [-0.25, -0.2) is 4.79 Å². The topological polar surface area (TPSA) is 103 Å². The Morgan fingerprint density at radius 2 is 2.05 bits per heavy atom. The molecule has 1 aliphatic heterocycles. The van der Waals surface area contributed by atoms with Gasteiger partial charge in [-0.15, -0.1) is 0 Å². The molecule has 0 spiro atoms. The van der Waals surface area contributed by atoms with E-state index in [1.807, 2.05) is 24.8 Å². The van der Waals surface area contributed by atoms with Crippen molar-refractivity contribution in [3.63, 3.8) is 0 Å². The van der Waals surface area contributed by atoms with E-state index < -0.39 is 17.9 Å². The Kier molecular flexibility index (Phi) is 6.69. The largest absolute Gasteiger partial charge is 0.480 e. The standard InChI is InChI=1S/C14H21N3O4/c1-10(2)7-12(14(19)20)16-13(18)11(8-15)9-17-3-5-21-6-4-17/h9-10,12H,3-7H2,1-2H3,(H,16,18)(H,19,20)/b11-9-. The van der Waals surface area contributed by atoms with Crippen LogP contribution in [0, 0.1) is 17.2 Å². The van der Waals surface area contributed by atoms with Gasteiger partial charge in [0, 0.05) is 19.3 Å². The molecule has 1 amide bonds. The van der Waals surface area contributed by atoms with Crippen LogP contribution in [0.3, 0.4) is 0 Å². The van der Waals surface area contributed by atoms with Gasteiger partial charge >= 0.3 is 5.97 Å². The van der Waals surface area contributed by atoms with Gasteiger partial charge in [-0.1, -0.05) is 13.8 Å². The molecule has 7 heteroatoms. The molecule has 21 heavy (non-hydrogen) atoms. The minimum atomic E-state index is -1.10. The SMILES string of the molecule is CC(C)CC(NC(=O)/C(C#N)=C\N1CCOCC1)C(=O)O. The molecule has 2 N–H and O–H groups in total. The first-order valence-electron chi connectivity index (χ1n) is 6.91. The molecule has 1 unspecified atom stereocenters. The quantitative estimate of drug-likeness (QED) is 0.541. The summed E-state index contributed by atoms with van der Waals surface area (Å²) in [6.45, 7) is 6.04. The van der Waals surface area contributed by atoms with Crippen LogP contribution >= 0.6 is 0 Å². The van der Waals surface area contributed by atoms with Crippen LogP contribution in [0.25, 0.3) is 0 Å². The van der Waals surface area contributed by atoms with Crippen LogP contribution in [-0.2, 0) is 14.3 Å². The summed E-state index contributed by atoms with van der Waals surface area (Å²) < 4.78 is 5.18. The lowest BCUT2D eigenvalue weighted by Crippen LogP contribution is -2.42. The molecule has 0 aliphatic carbocycles. The van der Waals surface area contributed by atoms with Crippen molar-refractivity contribution in [2.24, 2.45) is 5.92 Å². The second-order valence-corrected chi connectivity index (χ2v) is 5.30. The van der Waals surface area contributed by atoms with Crippen molar-refractivity contribution >= 4 is 11.9 Å². The third-order valence-corrected chi connectivity index (χ3v) is 3.03. The number of hydrogen-bond donors (Lipinski definition) is 2. The van der Waals surface area contributed by atoms with E-state index in [-0.39, 0.29) is 11.5 Å². The Morgan fingerprint density at radius 3 is 2.52 bits per heavy atom. The van der Waals surface area contributed by atoms with Crippen molar-refractivity contribution in [2.45, 2.75) is 26.3 Å². The molecule has 1 aliphatic rings. The summed E-state index contributed by atoms with van der Waals surface area (Å²) in [4.78, 5) is 25.0. The Bertz CT molecular complexity index is 448. The summed E-state index contributed by atoms with van der Waals surface area (Å²) in [6, 6.07) is 0.833. The van der Waals surface area contributed by atoms with Crippen LogP contribution in [0.2, 0.25) is 0 Å². The van der Waals surface area contributed by atoms with Gasteiger partial charge in [0.25, 0.3) is 5.91 Å². The summed E-state index contributed by atoms with van der Waals surface area (Å²) in [5.41, 5.74) is -0.0908. The smallest absolute Gasteiger partial charge is 0.326 e. The summed E-state index contributed by atoms with van der Waals surface area (Å²) in [6.07, 6.45) is 1.78. The van der Waals surface area contributed by atoms with Gasteiger partial charge in [0.05, 0.1) is 13.2 Å². The first-order chi connectivity index (χ1) is 9.93. The number of nitrogens with one attached hydrogen (secondary N) is 1. The zero-order chi connectivity index (χ0) is 15.8. The lowest BCUT2D eigenvalue weighted by molar-refractivity contribution is -0.141. The molecular weight excluding hydrogens is 274 g/mol. The normalized spacial score (nSPS) is 17.2. The Labute approximate surface area is 124 Å². The van der Waals surface area contributed by atoms with E-state index in [4.69, 9.17) is 15.1 Å². The highest BCUT2D eigenvalue weighted by molar-refractivity contribution is 5.99. The number of morpholine rings is 1. The Morgan fingerprint density at radius 1 is 1.43 bits per heavy atom. The predicted molar refractivity (Wildman–Crippen MR) is 75.1 cm³/mol. The maximum absolute atomic E-state index is 12.0. The average molecular weight is 295 g/mol. The van der Waals surface area contributed by atoms with Gasteiger partial charge in [0.15, 0.2) is 0 Å². The number of carboxylic acids is 1. The van der Waals surface area contributed by atoms with Crippen LogP contribution in [0.5, 0.6) is 0 Å². The molecule has 7 nitrogen and oxygen atoms in total. The van der Waals surface area contributed by atoms with Crippen LogP contribution in [0.1, 0.15) is 20.3 Å². The van der Waals surface area contributed by atoms with Crippen LogP contribution in [0.4, 0.5) is 0 Å². The molecule has 0 aromatic heterocycles. The molecule has 0 radical (unpaired) electrons. The Hall–Kier alpha value is -2.07. The molecular formula is C14H21N3O4. The van der Waals surface area contributed by atoms with Crippen LogP contribution in [0.15, 0.2) is 11.8 Å². The first-order valence-corrected chi connectivity index (χ1v) is 6.91. The van der Waals surface area contributed by atoms with Gasteiger partial charge in [0.2, 0.25) is 0 Å². The van der Waals surface area contributed by atoms with Gasteiger partial charge in [-0.2, -0.15) is 5.26 Å². The van der Waals surface area contributed by atoms with Crippen molar-refractivity contribution in [1.29, 1.82) is 5.26 Å². The number of carbonyl (C=O) groups excluding carboxylic acids is 1. The average Bonchev–Trinajstić information content (AvgIpc) is 2.44. The highest BCUT2D eigenvalue weighted by Gasteiger charge is 2.23. The second kappa shape index (κ2) is 8.27. The van der Waals surface area contributed by atoms with Gasteiger partial charge in [0.1, 0.15) is 17.7 Å². The number of rotatable bonds is 6. The van der Waals surface area contributed by atoms with Crippen molar-refractivity contribution in [3.05, 3.63) is 11.8 Å². The third kappa shape index (κ3) is 5.83. The zero-order valence-corrected chi connectivity index (χ0v) is 12.3. The number of amides is 1. The molecule has 1 fully saturated rings. The zero-order valence-electron chi connectivity index (χ0n) is 12.3. The summed E-state index contributed by atoms with van der Waals surface area (Å²) in [7, 11) is 0. The van der Waals surface area contributed by atoms with E-state index in [0.717, 1.165) is 0 Å². The monoisotopic (exact) mass is 295 g/mol. The van der Waals surface area contributed by atoms with Crippen molar-refractivity contribution in [2.75, 3.05) is 26.3 Å². The number of hydrogen-bond acceptors (Lipinski definition) is 5. The number of nitrogens with zero attached hydrogens (tertiary/aromatic N) is 2. The van der Waals surface area contributed by atoms with Crippen molar-refractivity contribution in [1.82, 2.24) is 10.2 Å². The molecule has 1 atom stereocenters. The number of aliphatic carboxylic acids is 1. The van der Waals surface area contributed by atoms with E-state index in [0.29, 0.717) is 32.7 Å². The van der Waals surface area contributed by atoms with E-state index in [1.54, 1.807) is 0 Å². The maximum atomic E-state index is 12.0. The molecule has 1 saturated heterocycles. The van der Waals surface area contributed by atoms with Gasteiger partial charge in [-0.3, -0.25) is 4.79 Å². The lowest BCUT2D eigenvalue weighted by Gasteiger charge is -2.25. The van der Waals surface area contributed by atoms with E-state index >= 15 is 0 Å². The summed E-state index contributed by atoms with van der Waals surface area (Å²) >= 11 is 0. The highest BCUT2D eigenvalue weighted by Crippen LogP contribution is 2.07. The number of carbonyl (C=O) groups is 2. The second-order valence-electron chi connectivity index (χ2n) is 5.30. The molecule has 0 saturated carbocycles. The van der Waals surface area contributed by atoms with Gasteiger partial charge in [-0.05, 0) is 12.3 Å². The number of nitriles is 1. The maximum Gasteiger partial charge on any atom is 0.326 e. The fourth-order valence-corrected chi connectivity index (χ4v) is 1.96. The summed E-state index contributed by atoms with van der Waals surface area (Å²) in [5, 5.41) is 20.6. The summed E-state index contributed by atoms with van der Waals surface area (Å²) in [5.74, 6) is -1.63.